The molecular formula is C11H13NO5S. The first-order chi connectivity index (χ1) is 8.47. The second-order valence-electron chi connectivity index (χ2n) is 3.39. The summed E-state index contributed by atoms with van der Waals surface area (Å²) in [6, 6.07) is 1.62. The largest absolute Gasteiger partial charge is 0.469 e. The number of ether oxygens (including phenoxy) is 2. The number of anilines is 1. The van der Waals surface area contributed by atoms with Gasteiger partial charge in [-0.3, -0.25) is 9.59 Å². The summed E-state index contributed by atoms with van der Waals surface area (Å²) < 4.78 is 8.97. The summed E-state index contributed by atoms with van der Waals surface area (Å²) in [5.74, 6) is -1.71. The van der Waals surface area contributed by atoms with Crippen molar-refractivity contribution in [1.29, 1.82) is 0 Å². The Kier molecular flexibility index (Phi) is 4.85. The highest BCUT2D eigenvalue weighted by Gasteiger charge is 2.18. The van der Waals surface area contributed by atoms with Crippen LogP contribution in [-0.4, -0.2) is 32.1 Å². The number of hydrogen-bond acceptors (Lipinski definition) is 6. The number of carbonyl (C=O) groups is 3. The number of esters is 2. The van der Waals surface area contributed by atoms with Crippen LogP contribution in [0.5, 0.6) is 0 Å². The minimum absolute atomic E-state index is 0.276. The van der Waals surface area contributed by atoms with Crippen LogP contribution in [-0.2, 0) is 19.1 Å². The summed E-state index contributed by atoms with van der Waals surface area (Å²) in [6.07, 6.45) is -0.395. The van der Waals surface area contributed by atoms with E-state index in [0.29, 0.717) is 5.00 Å². The minimum Gasteiger partial charge on any atom is -0.469 e. The molecule has 0 spiro atoms. The van der Waals surface area contributed by atoms with Gasteiger partial charge < -0.3 is 14.8 Å². The number of methoxy groups -OCH3 is 2. The summed E-state index contributed by atoms with van der Waals surface area (Å²) in [5, 5.41) is 2.86. The van der Waals surface area contributed by atoms with Crippen molar-refractivity contribution in [2.75, 3.05) is 19.5 Å². The van der Waals surface area contributed by atoms with Crippen molar-refractivity contribution in [2.45, 2.75) is 13.3 Å². The first-order valence-electron chi connectivity index (χ1n) is 5.03. The Morgan fingerprint density at radius 2 is 1.94 bits per heavy atom. The molecule has 0 aliphatic heterocycles. The van der Waals surface area contributed by atoms with Gasteiger partial charge in [-0.1, -0.05) is 0 Å². The molecule has 98 valence electrons. The van der Waals surface area contributed by atoms with Gasteiger partial charge >= 0.3 is 11.9 Å². The number of thiophene rings is 1. The van der Waals surface area contributed by atoms with Crippen molar-refractivity contribution >= 4 is 34.2 Å². The molecule has 18 heavy (non-hydrogen) atoms. The van der Waals surface area contributed by atoms with Crippen LogP contribution in [0.3, 0.4) is 0 Å². The highest BCUT2D eigenvalue weighted by Crippen LogP contribution is 2.28. The quantitative estimate of drug-likeness (QED) is 0.660. The fraction of sp³-hybridized carbons (Fsp3) is 0.364. The Labute approximate surface area is 108 Å². The lowest BCUT2D eigenvalue weighted by Gasteiger charge is -2.04. The van der Waals surface area contributed by atoms with E-state index in [1.165, 1.54) is 25.6 Å². The minimum atomic E-state index is -0.639. The lowest BCUT2D eigenvalue weighted by atomic mass is 10.3. The Hall–Kier alpha value is -1.89. The van der Waals surface area contributed by atoms with E-state index in [4.69, 9.17) is 0 Å². The topological polar surface area (TPSA) is 81.7 Å². The van der Waals surface area contributed by atoms with Crippen LogP contribution in [0.25, 0.3) is 0 Å². The molecule has 1 N–H and O–H groups in total. The predicted octanol–water partition coefficient (Wildman–Crippen LogP) is 1.34. The first-order valence-corrected chi connectivity index (χ1v) is 5.85. The zero-order chi connectivity index (χ0) is 13.7. The maximum atomic E-state index is 11.5. The molecule has 1 rings (SSSR count). The van der Waals surface area contributed by atoms with Crippen molar-refractivity contribution in [3.05, 3.63) is 16.5 Å². The zero-order valence-corrected chi connectivity index (χ0v) is 11.1. The van der Waals surface area contributed by atoms with Crippen molar-refractivity contribution in [2.24, 2.45) is 0 Å². The predicted molar refractivity (Wildman–Crippen MR) is 65.7 cm³/mol. The van der Waals surface area contributed by atoms with E-state index in [2.05, 4.69) is 14.8 Å². The Bertz CT molecular complexity index is 480. The van der Waals surface area contributed by atoms with Gasteiger partial charge in [-0.25, -0.2) is 4.79 Å². The van der Waals surface area contributed by atoms with Crippen molar-refractivity contribution in [3.63, 3.8) is 0 Å². The van der Waals surface area contributed by atoms with Crippen molar-refractivity contribution < 1.29 is 23.9 Å². The maximum absolute atomic E-state index is 11.5. The summed E-state index contributed by atoms with van der Waals surface area (Å²) in [7, 11) is 2.46. The van der Waals surface area contributed by atoms with E-state index in [-0.39, 0.29) is 5.56 Å². The molecule has 7 heteroatoms. The molecule has 1 amide bonds. The van der Waals surface area contributed by atoms with E-state index in [1.807, 2.05) is 0 Å². The molecule has 0 saturated carbocycles. The molecule has 0 unspecified atom stereocenters. The average Bonchev–Trinajstić information content (AvgIpc) is 2.68. The van der Waals surface area contributed by atoms with Crippen LogP contribution >= 0.6 is 11.3 Å². The zero-order valence-electron chi connectivity index (χ0n) is 10.2. The van der Waals surface area contributed by atoms with Crippen LogP contribution in [0, 0.1) is 6.92 Å². The van der Waals surface area contributed by atoms with E-state index in [9.17, 15) is 14.4 Å². The number of amides is 1. The van der Waals surface area contributed by atoms with E-state index in [1.54, 1.807) is 13.0 Å². The fourth-order valence-electron chi connectivity index (χ4n) is 1.24. The molecule has 1 heterocycles. The van der Waals surface area contributed by atoms with Crippen LogP contribution in [0.4, 0.5) is 5.00 Å². The average molecular weight is 271 g/mol. The maximum Gasteiger partial charge on any atom is 0.340 e. The third kappa shape index (κ3) is 3.56. The van der Waals surface area contributed by atoms with Crippen molar-refractivity contribution in [3.8, 4) is 0 Å². The lowest BCUT2D eigenvalue weighted by molar-refractivity contribution is -0.142. The van der Waals surface area contributed by atoms with Crippen molar-refractivity contribution in [1.82, 2.24) is 0 Å². The molecule has 0 bridgehead atoms. The standard InChI is InChI=1S/C11H13NO5S/c1-6-4-7(11(15)17-3)10(18-6)12-8(13)5-9(14)16-2/h4H,5H2,1-3H3,(H,12,13). The third-order valence-corrected chi connectivity index (χ3v) is 3.01. The van der Waals surface area contributed by atoms with Gasteiger partial charge in [0.05, 0.1) is 19.8 Å². The van der Waals surface area contributed by atoms with E-state index in [0.717, 1.165) is 4.88 Å². The molecule has 1 aromatic rings. The third-order valence-electron chi connectivity index (χ3n) is 2.05. The lowest BCUT2D eigenvalue weighted by Crippen LogP contribution is -2.18. The van der Waals surface area contributed by atoms with E-state index < -0.39 is 24.3 Å². The van der Waals surface area contributed by atoms with Crippen LogP contribution in [0.1, 0.15) is 21.7 Å². The molecule has 0 atom stereocenters. The number of aryl methyl sites for hydroxylation is 1. The fourth-order valence-corrected chi connectivity index (χ4v) is 2.16. The molecule has 0 radical (unpaired) electrons. The molecule has 6 nitrogen and oxygen atoms in total. The molecule has 0 saturated heterocycles. The summed E-state index contributed by atoms with van der Waals surface area (Å²) in [4.78, 5) is 34.7. The first kappa shape index (κ1) is 14.2. The van der Waals surface area contributed by atoms with Gasteiger partial charge in [0.15, 0.2) is 0 Å². The number of nitrogens with one attached hydrogen (secondary N) is 1. The van der Waals surface area contributed by atoms with Crippen LogP contribution in [0.15, 0.2) is 6.07 Å². The molecule has 0 aromatic carbocycles. The summed E-state index contributed by atoms with van der Waals surface area (Å²) in [5.41, 5.74) is 0.276. The second-order valence-corrected chi connectivity index (χ2v) is 4.65. The Morgan fingerprint density at radius 3 is 2.50 bits per heavy atom. The van der Waals surface area contributed by atoms with Crippen LogP contribution in [0.2, 0.25) is 0 Å². The number of hydrogen-bond donors (Lipinski definition) is 1. The monoisotopic (exact) mass is 271 g/mol. The SMILES string of the molecule is COC(=O)CC(=O)Nc1sc(C)cc1C(=O)OC. The molecule has 0 aliphatic carbocycles. The van der Waals surface area contributed by atoms with Gasteiger partial charge in [-0.15, -0.1) is 11.3 Å². The van der Waals surface area contributed by atoms with Gasteiger partial charge in [0.2, 0.25) is 5.91 Å². The van der Waals surface area contributed by atoms with Gasteiger partial charge in [-0.2, -0.15) is 0 Å². The van der Waals surface area contributed by atoms with Gasteiger partial charge in [0.25, 0.3) is 0 Å². The summed E-state index contributed by atoms with van der Waals surface area (Å²) >= 11 is 1.24. The molecule has 1 aromatic heterocycles. The van der Waals surface area contributed by atoms with Crippen LogP contribution < -0.4 is 5.32 Å². The second kappa shape index (κ2) is 6.15. The Morgan fingerprint density at radius 1 is 1.28 bits per heavy atom. The number of carbonyl (C=O) groups excluding carboxylic acids is 3. The Balaban J connectivity index is 2.81. The number of rotatable bonds is 4. The molecule has 0 fully saturated rings. The van der Waals surface area contributed by atoms with Gasteiger partial charge in [0, 0.05) is 4.88 Å². The normalized spacial score (nSPS) is 9.72. The highest BCUT2D eigenvalue weighted by molar-refractivity contribution is 7.16. The van der Waals surface area contributed by atoms with Gasteiger partial charge in [0.1, 0.15) is 11.4 Å². The highest BCUT2D eigenvalue weighted by atomic mass is 32.1. The smallest absolute Gasteiger partial charge is 0.340 e. The molecular weight excluding hydrogens is 258 g/mol. The molecule has 0 aliphatic rings. The van der Waals surface area contributed by atoms with Gasteiger partial charge in [-0.05, 0) is 13.0 Å². The van der Waals surface area contributed by atoms with E-state index >= 15 is 0 Å². The summed E-state index contributed by atoms with van der Waals surface area (Å²) in [6.45, 7) is 1.80.